The third kappa shape index (κ3) is 5.81. The predicted molar refractivity (Wildman–Crippen MR) is 227 cm³/mol. The molecular formula is C52H34N2. The number of benzene rings is 9. The highest BCUT2D eigenvalue weighted by Gasteiger charge is 2.17. The van der Waals surface area contributed by atoms with Crippen molar-refractivity contribution < 1.29 is 0 Å². The van der Waals surface area contributed by atoms with Crippen LogP contribution in [0.2, 0.25) is 0 Å². The largest absolute Gasteiger partial charge is 0.228 e. The Morgan fingerprint density at radius 3 is 1.44 bits per heavy atom. The van der Waals surface area contributed by atoms with Crippen molar-refractivity contribution in [1.82, 2.24) is 9.97 Å². The van der Waals surface area contributed by atoms with E-state index >= 15 is 0 Å². The van der Waals surface area contributed by atoms with Crippen LogP contribution in [0.15, 0.2) is 206 Å². The first kappa shape index (κ1) is 31.6. The average molecular weight is 687 g/mol. The van der Waals surface area contributed by atoms with Gasteiger partial charge in [-0.05, 0) is 96.0 Å². The lowest BCUT2D eigenvalue weighted by atomic mass is 9.87. The van der Waals surface area contributed by atoms with Crippen LogP contribution >= 0.6 is 0 Å². The SMILES string of the molecule is c1ccc(-c2ccc(-c3cc(-c4cc(-c5ccccc5)cc(-c5c6ccccc6cc6c5ccc5ccccc56)c4)nc(-c4ccccc4)n3)cc2)cc1. The first-order valence-electron chi connectivity index (χ1n) is 18.4. The molecule has 0 atom stereocenters. The van der Waals surface area contributed by atoms with Gasteiger partial charge in [-0.2, -0.15) is 0 Å². The molecular weight excluding hydrogens is 653 g/mol. The topological polar surface area (TPSA) is 25.8 Å². The molecule has 0 spiro atoms. The summed E-state index contributed by atoms with van der Waals surface area (Å²) >= 11 is 0. The second-order valence-electron chi connectivity index (χ2n) is 13.8. The van der Waals surface area contributed by atoms with Crippen molar-refractivity contribution >= 4 is 32.3 Å². The van der Waals surface area contributed by atoms with Crippen molar-refractivity contribution in [1.29, 1.82) is 0 Å². The Morgan fingerprint density at radius 2 is 0.741 bits per heavy atom. The van der Waals surface area contributed by atoms with Crippen LogP contribution in [0.3, 0.4) is 0 Å². The fraction of sp³-hybridized carbons (Fsp3) is 0. The Balaban J connectivity index is 1.22. The molecule has 0 radical (unpaired) electrons. The Morgan fingerprint density at radius 1 is 0.241 bits per heavy atom. The Kier molecular flexibility index (Phi) is 7.85. The molecule has 0 saturated carbocycles. The van der Waals surface area contributed by atoms with E-state index in [1.807, 2.05) is 24.3 Å². The highest BCUT2D eigenvalue weighted by atomic mass is 14.9. The first-order chi connectivity index (χ1) is 26.7. The van der Waals surface area contributed by atoms with Gasteiger partial charge in [-0.15, -0.1) is 0 Å². The van der Waals surface area contributed by atoms with Gasteiger partial charge in [-0.3, -0.25) is 0 Å². The van der Waals surface area contributed by atoms with E-state index in [1.165, 1.54) is 49.0 Å². The molecule has 0 aliphatic heterocycles. The predicted octanol–water partition coefficient (Wildman–Crippen LogP) is 13.9. The molecule has 10 aromatic rings. The molecule has 54 heavy (non-hydrogen) atoms. The van der Waals surface area contributed by atoms with Crippen molar-refractivity contribution in [3.63, 3.8) is 0 Å². The maximum atomic E-state index is 5.29. The molecule has 2 heteroatoms. The minimum atomic E-state index is 0.698. The summed E-state index contributed by atoms with van der Waals surface area (Å²) in [5.74, 6) is 0.698. The maximum absolute atomic E-state index is 5.29. The van der Waals surface area contributed by atoms with Crippen LogP contribution in [0.1, 0.15) is 0 Å². The van der Waals surface area contributed by atoms with Gasteiger partial charge < -0.3 is 0 Å². The number of nitrogens with zero attached hydrogens (tertiary/aromatic N) is 2. The molecule has 252 valence electrons. The molecule has 1 aromatic heterocycles. The van der Waals surface area contributed by atoms with Gasteiger partial charge in [0.1, 0.15) is 0 Å². The van der Waals surface area contributed by atoms with Gasteiger partial charge in [-0.1, -0.05) is 176 Å². The number of aromatic nitrogens is 2. The van der Waals surface area contributed by atoms with E-state index in [0.717, 1.165) is 44.8 Å². The van der Waals surface area contributed by atoms with E-state index in [-0.39, 0.29) is 0 Å². The number of hydrogen-bond donors (Lipinski definition) is 0. The minimum absolute atomic E-state index is 0.698. The normalized spacial score (nSPS) is 11.3. The quantitative estimate of drug-likeness (QED) is 0.129. The van der Waals surface area contributed by atoms with Crippen molar-refractivity contribution in [3.8, 4) is 67.3 Å². The summed E-state index contributed by atoms with van der Waals surface area (Å²) < 4.78 is 0. The molecule has 0 saturated heterocycles. The van der Waals surface area contributed by atoms with Gasteiger partial charge in [0.25, 0.3) is 0 Å². The molecule has 2 nitrogen and oxygen atoms in total. The highest BCUT2D eigenvalue weighted by Crippen LogP contribution is 2.42. The second kappa shape index (κ2) is 13.4. The van der Waals surface area contributed by atoms with Gasteiger partial charge in [0, 0.05) is 16.7 Å². The van der Waals surface area contributed by atoms with Crippen molar-refractivity contribution in [2.45, 2.75) is 0 Å². The van der Waals surface area contributed by atoms with E-state index in [1.54, 1.807) is 0 Å². The number of hydrogen-bond acceptors (Lipinski definition) is 2. The van der Waals surface area contributed by atoms with Gasteiger partial charge in [0.2, 0.25) is 0 Å². The van der Waals surface area contributed by atoms with Gasteiger partial charge in [0.05, 0.1) is 11.4 Å². The molecule has 0 aliphatic carbocycles. The lowest BCUT2D eigenvalue weighted by Crippen LogP contribution is -1.97. The third-order valence-electron chi connectivity index (χ3n) is 10.4. The zero-order valence-electron chi connectivity index (χ0n) is 29.5. The summed E-state index contributed by atoms with van der Waals surface area (Å²) in [6, 6.07) is 73.6. The van der Waals surface area contributed by atoms with Crippen molar-refractivity contribution in [2.75, 3.05) is 0 Å². The van der Waals surface area contributed by atoms with E-state index in [9.17, 15) is 0 Å². The van der Waals surface area contributed by atoms with Crippen molar-refractivity contribution in [2.24, 2.45) is 0 Å². The molecule has 0 fully saturated rings. The zero-order chi connectivity index (χ0) is 35.8. The van der Waals surface area contributed by atoms with Crippen LogP contribution in [-0.2, 0) is 0 Å². The number of fused-ring (bicyclic) bond motifs is 4. The first-order valence-corrected chi connectivity index (χ1v) is 18.4. The zero-order valence-corrected chi connectivity index (χ0v) is 29.5. The monoisotopic (exact) mass is 686 g/mol. The van der Waals surface area contributed by atoms with E-state index in [2.05, 4.69) is 182 Å². The van der Waals surface area contributed by atoms with Gasteiger partial charge >= 0.3 is 0 Å². The van der Waals surface area contributed by atoms with Crippen LogP contribution < -0.4 is 0 Å². The van der Waals surface area contributed by atoms with E-state index < -0.39 is 0 Å². The summed E-state index contributed by atoms with van der Waals surface area (Å²) in [5, 5.41) is 7.43. The lowest BCUT2D eigenvalue weighted by molar-refractivity contribution is 1.18. The van der Waals surface area contributed by atoms with Crippen LogP contribution in [-0.4, -0.2) is 9.97 Å². The molecule has 0 N–H and O–H groups in total. The highest BCUT2D eigenvalue weighted by molar-refractivity contribution is 6.20. The van der Waals surface area contributed by atoms with Crippen LogP contribution in [0, 0.1) is 0 Å². The summed E-state index contributed by atoms with van der Waals surface area (Å²) in [7, 11) is 0. The smallest absolute Gasteiger partial charge is 0.160 e. The molecule has 10 rings (SSSR count). The fourth-order valence-electron chi connectivity index (χ4n) is 7.77. The van der Waals surface area contributed by atoms with Gasteiger partial charge in [-0.25, -0.2) is 9.97 Å². The molecule has 0 unspecified atom stereocenters. The third-order valence-corrected chi connectivity index (χ3v) is 10.4. The summed E-state index contributed by atoms with van der Waals surface area (Å²) in [6.07, 6.45) is 0. The molecule has 1 heterocycles. The Hall–Kier alpha value is -7.16. The average Bonchev–Trinajstić information content (AvgIpc) is 3.26. The van der Waals surface area contributed by atoms with E-state index in [0.29, 0.717) is 5.82 Å². The molecule has 0 aliphatic rings. The number of rotatable bonds is 6. The second-order valence-corrected chi connectivity index (χ2v) is 13.8. The summed E-state index contributed by atoms with van der Waals surface area (Å²) in [4.78, 5) is 10.5. The summed E-state index contributed by atoms with van der Waals surface area (Å²) in [5.41, 5.74) is 11.9. The lowest BCUT2D eigenvalue weighted by Gasteiger charge is -2.17. The maximum Gasteiger partial charge on any atom is 0.160 e. The molecule has 9 aromatic carbocycles. The molecule has 0 bridgehead atoms. The van der Waals surface area contributed by atoms with Crippen molar-refractivity contribution in [3.05, 3.63) is 206 Å². The Labute approximate surface area is 314 Å². The summed E-state index contributed by atoms with van der Waals surface area (Å²) in [6.45, 7) is 0. The molecule has 0 amide bonds. The fourth-order valence-corrected chi connectivity index (χ4v) is 7.77. The van der Waals surface area contributed by atoms with Crippen LogP contribution in [0.25, 0.3) is 99.6 Å². The van der Waals surface area contributed by atoms with Crippen LogP contribution in [0.5, 0.6) is 0 Å². The van der Waals surface area contributed by atoms with Crippen LogP contribution in [0.4, 0.5) is 0 Å². The standard InChI is InChI=1S/C52H34N2/c1-4-14-35(15-5-1)37-24-26-39(27-25-37)49-34-50(54-52(53-49)40-19-8-3-9-20-40)43-30-42(36-16-6-2-7-17-36)31-44(32-43)51-46-23-13-11-21-41(46)33-48-45-22-12-10-18-38(45)28-29-47(48)51/h1-34H. The van der Waals surface area contributed by atoms with Gasteiger partial charge in [0.15, 0.2) is 5.82 Å². The van der Waals surface area contributed by atoms with E-state index in [4.69, 9.17) is 9.97 Å². The Bertz CT molecular complexity index is 2950. The minimum Gasteiger partial charge on any atom is -0.228 e.